The predicted molar refractivity (Wildman–Crippen MR) is 291 cm³/mol. The number of thiazole rings is 1. The Balaban J connectivity index is 0.620. The van der Waals surface area contributed by atoms with Crippen molar-refractivity contribution in [2.45, 2.75) is 115 Å². The number of fused-ring (bicyclic) bond motifs is 1. The maximum absolute atomic E-state index is 14.4. The minimum Gasteiger partial charge on any atom is -0.507 e. The van der Waals surface area contributed by atoms with Crippen LogP contribution >= 0.6 is 11.3 Å². The third-order valence-corrected chi connectivity index (χ3v) is 17.6. The number of rotatable bonds is 14. The number of carbonyl (C=O) groups excluding carboxylic acids is 2. The lowest BCUT2D eigenvalue weighted by Gasteiger charge is -2.38. The molecule has 0 aliphatic carbocycles. The molecule has 4 saturated heterocycles. The van der Waals surface area contributed by atoms with Gasteiger partial charge in [0, 0.05) is 69.7 Å². The summed E-state index contributed by atoms with van der Waals surface area (Å²) in [6, 6.07) is 18.1. The largest absolute Gasteiger partial charge is 0.507 e. The van der Waals surface area contributed by atoms with Crippen LogP contribution in [0.1, 0.15) is 107 Å². The average molecular weight is 1050 g/mol. The standard InChI is InChI=1S/C56H70N14O5S/c1-33(2)51(56(74)69-31-41(71)27-46(69)55(73)59-34(3)37-9-11-39(12-10-37)53-35(4)58-32-76-53)48-29-50(65-75-48)68-23-15-36(16-24-68)30-66-21-17-38(18-22-66)43-13-14-49(62-60-43)67-25-19-40(20-26-67)70-45-28-44(42-7-5-6-8-47(42)72)61-63-52(45)54(57)64-70/h5-13,28-29,32-34,36,38,40-41,46,49,51,71-72H,14-27,30-31H2,1-4H3,(H2,57,64)(H,59,73)/t34-,41+,46-,49?,51?/m0/s1. The van der Waals surface area contributed by atoms with E-state index in [1.54, 1.807) is 23.5 Å². The lowest BCUT2D eigenvalue weighted by atomic mass is 9.90. The molecule has 4 fully saturated rings. The molecule has 9 heterocycles. The number of aliphatic hydroxyl groups is 1. The van der Waals surface area contributed by atoms with Gasteiger partial charge >= 0.3 is 0 Å². The highest BCUT2D eigenvalue weighted by molar-refractivity contribution is 7.13. The lowest BCUT2D eigenvalue weighted by Crippen LogP contribution is -2.48. The van der Waals surface area contributed by atoms with Crippen molar-refractivity contribution < 1.29 is 24.3 Å². The Kier molecular flexibility index (Phi) is 15.0. The number of aromatic nitrogens is 6. The number of nitrogens with two attached hydrogens (primary N) is 1. The van der Waals surface area contributed by atoms with Gasteiger partial charge in [-0.1, -0.05) is 61.5 Å². The van der Waals surface area contributed by atoms with Crippen molar-refractivity contribution in [3.63, 3.8) is 0 Å². The second-order valence-electron chi connectivity index (χ2n) is 22.0. The van der Waals surface area contributed by atoms with Gasteiger partial charge in [0.05, 0.1) is 51.2 Å². The van der Waals surface area contributed by atoms with Crippen LogP contribution in [-0.4, -0.2) is 138 Å². The molecule has 0 spiro atoms. The van der Waals surface area contributed by atoms with Crippen LogP contribution in [0.25, 0.3) is 32.7 Å². The number of phenolic OH excluding ortho intramolecular Hbond substituents is 1. The van der Waals surface area contributed by atoms with E-state index in [2.05, 4.69) is 46.4 Å². The fraction of sp³-hybridized carbons (Fsp3) is 0.518. The molecule has 2 unspecified atom stereocenters. The van der Waals surface area contributed by atoms with Gasteiger partial charge in [-0.25, -0.2) is 4.98 Å². The van der Waals surface area contributed by atoms with Gasteiger partial charge in [0.1, 0.15) is 23.9 Å². The molecule has 76 heavy (non-hydrogen) atoms. The van der Waals surface area contributed by atoms with E-state index in [4.69, 9.17) is 25.6 Å². The first-order valence-electron chi connectivity index (χ1n) is 27.2. The molecule has 19 nitrogen and oxygen atoms in total. The minimum absolute atomic E-state index is 0.0407. The van der Waals surface area contributed by atoms with E-state index in [0.717, 1.165) is 129 Å². The predicted octanol–water partition coefficient (Wildman–Crippen LogP) is 8.11. The van der Waals surface area contributed by atoms with Gasteiger partial charge < -0.3 is 40.5 Å². The van der Waals surface area contributed by atoms with Gasteiger partial charge in [0.15, 0.2) is 22.9 Å². The number of likely N-dealkylation sites (tertiary alicyclic amines) is 3. The van der Waals surface area contributed by atoms with Crippen LogP contribution in [0.2, 0.25) is 0 Å². The lowest BCUT2D eigenvalue weighted by molar-refractivity contribution is -0.141. The molecule has 4 aromatic heterocycles. The third kappa shape index (κ3) is 10.7. The van der Waals surface area contributed by atoms with Crippen molar-refractivity contribution in [3.8, 4) is 27.4 Å². The van der Waals surface area contributed by atoms with Gasteiger partial charge in [-0.15, -0.1) is 21.5 Å². The van der Waals surface area contributed by atoms with Crippen molar-refractivity contribution in [1.82, 2.24) is 50.1 Å². The fourth-order valence-electron chi connectivity index (χ4n) is 12.2. The average Bonchev–Trinajstić information content (AvgIpc) is 4.27. The van der Waals surface area contributed by atoms with E-state index in [1.807, 2.05) is 86.4 Å². The summed E-state index contributed by atoms with van der Waals surface area (Å²) in [6.45, 7) is 14.6. The van der Waals surface area contributed by atoms with E-state index < -0.39 is 18.1 Å². The molecule has 5 aliphatic rings. The smallest absolute Gasteiger partial charge is 0.243 e. The van der Waals surface area contributed by atoms with Gasteiger partial charge in [-0.05, 0) is 107 Å². The van der Waals surface area contributed by atoms with E-state index in [9.17, 15) is 19.8 Å². The molecule has 2 amide bonds. The number of anilines is 2. The van der Waals surface area contributed by atoms with Gasteiger partial charge in [0.25, 0.3) is 0 Å². The highest BCUT2D eigenvalue weighted by Crippen LogP contribution is 2.38. The van der Waals surface area contributed by atoms with Crippen LogP contribution in [0, 0.1) is 24.7 Å². The van der Waals surface area contributed by atoms with Crippen LogP contribution in [-0.2, 0) is 9.59 Å². The number of allylic oxidation sites excluding steroid dienone is 1. The Morgan fingerprint density at radius 1 is 0.934 bits per heavy atom. The topological polar surface area (TPSA) is 233 Å². The highest BCUT2D eigenvalue weighted by atomic mass is 32.1. The zero-order valence-corrected chi connectivity index (χ0v) is 44.7. The summed E-state index contributed by atoms with van der Waals surface area (Å²) in [6.07, 6.45) is 8.67. The molecule has 0 bridgehead atoms. The quantitative estimate of drug-likeness (QED) is 0.0807. The molecule has 5 N–H and O–H groups in total. The summed E-state index contributed by atoms with van der Waals surface area (Å²) >= 11 is 1.60. The number of hydrogen-bond acceptors (Lipinski definition) is 17. The van der Waals surface area contributed by atoms with Crippen LogP contribution in [0.5, 0.6) is 5.75 Å². The van der Waals surface area contributed by atoms with E-state index in [1.165, 1.54) is 4.90 Å². The van der Waals surface area contributed by atoms with E-state index in [-0.39, 0.29) is 54.7 Å². The van der Waals surface area contributed by atoms with Gasteiger partial charge in [-0.2, -0.15) is 15.3 Å². The Labute approximate surface area is 447 Å². The van der Waals surface area contributed by atoms with Crippen molar-refractivity contribution in [3.05, 3.63) is 95.0 Å². The number of para-hydroxylation sites is 1. The number of aliphatic hydroxyl groups excluding tert-OH is 1. The molecule has 2 aromatic carbocycles. The Hall–Kier alpha value is -6.61. The number of nitrogens with zero attached hydrogens (tertiary/aromatic N) is 12. The van der Waals surface area contributed by atoms with Crippen LogP contribution in [0.3, 0.4) is 0 Å². The monoisotopic (exact) mass is 1050 g/mol. The SMILES string of the molecule is Cc1ncsc1-c1ccc([C@H](C)NC(=O)[C@@H]2C[C@@H](O)CN2C(=O)C(c2cc(N3CCC(CN4CCC(C5=CCC(N6CCC(n7nc(N)c8nnc(-c9ccccc9O)cc87)CC6)N=N5)CC4)CC3)no2)C(C)C)cc1. The summed E-state index contributed by atoms with van der Waals surface area (Å²) in [7, 11) is 0. The van der Waals surface area contributed by atoms with Crippen molar-refractivity contribution in [1.29, 1.82) is 0 Å². The minimum atomic E-state index is -0.802. The number of nitrogen functional groups attached to an aromatic ring is 1. The first-order valence-corrected chi connectivity index (χ1v) is 28.1. The number of carbonyl (C=O) groups is 2. The third-order valence-electron chi connectivity index (χ3n) is 16.6. The van der Waals surface area contributed by atoms with Crippen LogP contribution in [0.15, 0.2) is 92.7 Å². The molecule has 11 rings (SSSR count). The molecule has 5 aliphatic heterocycles. The molecule has 5 atom stereocenters. The Bertz CT molecular complexity index is 3070. The summed E-state index contributed by atoms with van der Waals surface area (Å²) in [5.74, 6) is 1.44. The molecule has 20 heteroatoms. The zero-order chi connectivity index (χ0) is 52.6. The number of azo groups is 1. The summed E-state index contributed by atoms with van der Waals surface area (Å²) in [5.41, 5.74) is 14.9. The molecule has 6 aromatic rings. The Morgan fingerprint density at radius 2 is 1.70 bits per heavy atom. The molecular formula is C56H70N14O5S. The number of aryl methyl sites for hydroxylation is 1. The number of β-amino-alcohol motifs (C(OH)–C–C–N with tert-alkyl or cyclic N) is 1. The number of aromatic hydroxyl groups is 1. The number of nitrogens with one attached hydrogen (secondary N) is 1. The second-order valence-corrected chi connectivity index (χ2v) is 22.8. The summed E-state index contributed by atoms with van der Waals surface area (Å²) < 4.78 is 7.95. The second kappa shape index (κ2) is 22.2. The van der Waals surface area contributed by atoms with Gasteiger partial charge in [-0.3, -0.25) is 19.2 Å². The summed E-state index contributed by atoms with van der Waals surface area (Å²) in [4.78, 5) is 42.6. The fourth-order valence-corrected chi connectivity index (χ4v) is 13.0. The summed E-state index contributed by atoms with van der Waals surface area (Å²) in [5, 5.41) is 52.0. The van der Waals surface area contributed by atoms with Crippen molar-refractivity contribution >= 4 is 45.8 Å². The number of benzene rings is 2. The molecule has 400 valence electrons. The maximum atomic E-state index is 14.4. The zero-order valence-electron chi connectivity index (χ0n) is 43.9. The maximum Gasteiger partial charge on any atom is 0.243 e. The Morgan fingerprint density at radius 3 is 2.39 bits per heavy atom. The normalized spacial score (nSPS) is 22.4. The molecule has 0 radical (unpaired) electrons. The first-order chi connectivity index (χ1) is 36.8. The first kappa shape index (κ1) is 51.5. The van der Waals surface area contributed by atoms with Crippen LogP contribution in [0.4, 0.5) is 11.6 Å². The van der Waals surface area contributed by atoms with Gasteiger partial charge in [0.2, 0.25) is 11.8 Å². The number of hydrogen-bond donors (Lipinski definition) is 4. The van der Waals surface area contributed by atoms with E-state index in [0.29, 0.717) is 40.2 Å². The molecule has 0 saturated carbocycles. The van der Waals surface area contributed by atoms with E-state index >= 15 is 0 Å². The van der Waals surface area contributed by atoms with Crippen molar-refractivity contribution in [2.24, 2.45) is 28.0 Å². The highest BCUT2D eigenvalue weighted by Gasteiger charge is 2.44. The molecular weight excluding hydrogens is 981 g/mol. The van der Waals surface area contributed by atoms with Crippen molar-refractivity contribution in [2.75, 3.05) is 63.0 Å². The number of phenols is 1. The van der Waals surface area contributed by atoms with Crippen LogP contribution < -0.4 is 16.0 Å². The number of piperidine rings is 3. The number of amides is 2.